The first-order valence-electron chi connectivity index (χ1n) is 7.62. The van der Waals surface area contributed by atoms with Crippen LogP contribution in [0.25, 0.3) is 0 Å². The topological polar surface area (TPSA) is 37.3 Å². The maximum atomic E-state index is 10.7. The number of carboxylic acid groups (broad SMARTS) is 1. The standard InChI is InChI=1S/C17H25BrO2/c18-14-8-6-4-2-1-3-5-7-9-15-10-12-16(13-11-15)17(19)20/h10-13H,1-9,14H2,(H,19,20). The molecular formula is C17H25BrO2. The van der Waals surface area contributed by atoms with Crippen LogP contribution in [0, 0.1) is 0 Å². The van der Waals surface area contributed by atoms with Crippen LogP contribution in [0.2, 0.25) is 0 Å². The normalized spacial score (nSPS) is 10.7. The monoisotopic (exact) mass is 340 g/mol. The summed E-state index contributed by atoms with van der Waals surface area (Å²) in [4.78, 5) is 10.7. The molecule has 0 aliphatic carbocycles. The van der Waals surface area contributed by atoms with Crippen LogP contribution in [0.5, 0.6) is 0 Å². The Balaban J connectivity index is 2.02. The molecule has 0 bridgehead atoms. The van der Waals surface area contributed by atoms with Crippen molar-refractivity contribution in [1.29, 1.82) is 0 Å². The van der Waals surface area contributed by atoms with Crippen molar-refractivity contribution in [3.63, 3.8) is 0 Å². The lowest BCUT2D eigenvalue weighted by Crippen LogP contribution is -1.96. The molecule has 0 heterocycles. The number of hydrogen-bond acceptors (Lipinski definition) is 1. The van der Waals surface area contributed by atoms with Crippen LogP contribution in [-0.4, -0.2) is 16.4 Å². The number of benzene rings is 1. The van der Waals surface area contributed by atoms with Gasteiger partial charge in [0, 0.05) is 5.33 Å². The zero-order valence-electron chi connectivity index (χ0n) is 12.1. The van der Waals surface area contributed by atoms with Crippen LogP contribution in [-0.2, 0) is 6.42 Å². The summed E-state index contributed by atoms with van der Waals surface area (Å²) in [7, 11) is 0. The number of aromatic carboxylic acids is 1. The third-order valence-electron chi connectivity index (χ3n) is 3.55. The Morgan fingerprint density at radius 3 is 1.85 bits per heavy atom. The Labute approximate surface area is 130 Å². The van der Waals surface area contributed by atoms with Crippen LogP contribution in [0.15, 0.2) is 24.3 Å². The van der Waals surface area contributed by atoms with Crippen molar-refractivity contribution in [1.82, 2.24) is 0 Å². The molecule has 0 fully saturated rings. The van der Waals surface area contributed by atoms with Crippen LogP contribution in [0.1, 0.15) is 67.3 Å². The molecule has 1 rings (SSSR count). The van der Waals surface area contributed by atoms with Gasteiger partial charge in [0.25, 0.3) is 0 Å². The quantitative estimate of drug-likeness (QED) is 0.430. The van der Waals surface area contributed by atoms with Gasteiger partial charge in [-0.3, -0.25) is 0 Å². The van der Waals surface area contributed by atoms with Crippen molar-refractivity contribution in [2.75, 3.05) is 5.33 Å². The summed E-state index contributed by atoms with van der Waals surface area (Å²) in [5.74, 6) is -0.851. The average molecular weight is 341 g/mol. The van der Waals surface area contributed by atoms with E-state index in [9.17, 15) is 4.79 Å². The first-order valence-corrected chi connectivity index (χ1v) is 8.74. The van der Waals surface area contributed by atoms with Gasteiger partial charge in [-0.05, 0) is 37.0 Å². The molecule has 0 spiro atoms. The van der Waals surface area contributed by atoms with Crippen LogP contribution in [0.3, 0.4) is 0 Å². The molecule has 1 aromatic carbocycles. The number of alkyl halides is 1. The Morgan fingerprint density at radius 1 is 0.850 bits per heavy atom. The first kappa shape index (κ1) is 17.2. The third-order valence-corrected chi connectivity index (χ3v) is 4.11. The van der Waals surface area contributed by atoms with E-state index in [2.05, 4.69) is 15.9 Å². The molecule has 0 aliphatic heterocycles. The summed E-state index contributed by atoms with van der Waals surface area (Å²) < 4.78 is 0. The number of unbranched alkanes of at least 4 members (excludes halogenated alkanes) is 7. The maximum Gasteiger partial charge on any atom is 0.335 e. The Morgan fingerprint density at radius 2 is 1.35 bits per heavy atom. The highest BCUT2D eigenvalue weighted by molar-refractivity contribution is 9.09. The number of hydrogen-bond donors (Lipinski definition) is 1. The minimum Gasteiger partial charge on any atom is -0.478 e. The third kappa shape index (κ3) is 7.68. The van der Waals surface area contributed by atoms with Gasteiger partial charge < -0.3 is 5.11 Å². The summed E-state index contributed by atoms with van der Waals surface area (Å²) in [5, 5.41) is 9.96. The number of carboxylic acids is 1. The van der Waals surface area contributed by atoms with Gasteiger partial charge in [0.1, 0.15) is 0 Å². The van der Waals surface area contributed by atoms with Crippen molar-refractivity contribution in [3.05, 3.63) is 35.4 Å². The summed E-state index contributed by atoms with van der Waals surface area (Å²) in [6.07, 6.45) is 11.6. The van der Waals surface area contributed by atoms with E-state index in [1.54, 1.807) is 12.1 Å². The molecule has 1 aromatic rings. The number of carbonyl (C=O) groups is 1. The summed E-state index contributed by atoms with van der Waals surface area (Å²) in [6.45, 7) is 0. The van der Waals surface area contributed by atoms with E-state index in [4.69, 9.17) is 5.11 Å². The second kappa shape index (κ2) is 10.9. The smallest absolute Gasteiger partial charge is 0.335 e. The zero-order valence-corrected chi connectivity index (χ0v) is 13.7. The minimum atomic E-state index is -0.851. The summed E-state index contributed by atoms with van der Waals surface area (Å²) >= 11 is 3.45. The van der Waals surface area contributed by atoms with Gasteiger partial charge in [0.15, 0.2) is 0 Å². The predicted molar refractivity (Wildman–Crippen MR) is 87.8 cm³/mol. The number of rotatable bonds is 11. The van der Waals surface area contributed by atoms with E-state index in [-0.39, 0.29) is 0 Å². The van der Waals surface area contributed by atoms with E-state index in [0.717, 1.165) is 11.8 Å². The molecule has 0 aliphatic rings. The van der Waals surface area contributed by atoms with E-state index in [1.807, 2.05) is 12.1 Å². The van der Waals surface area contributed by atoms with E-state index in [1.165, 1.54) is 56.9 Å². The zero-order chi connectivity index (χ0) is 14.6. The average Bonchev–Trinajstić information content (AvgIpc) is 2.46. The van der Waals surface area contributed by atoms with E-state index >= 15 is 0 Å². The molecule has 0 saturated heterocycles. The van der Waals surface area contributed by atoms with Gasteiger partial charge in [-0.1, -0.05) is 66.6 Å². The number of aryl methyl sites for hydroxylation is 1. The van der Waals surface area contributed by atoms with Crippen LogP contribution in [0.4, 0.5) is 0 Å². The highest BCUT2D eigenvalue weighted by Gasteiger charge is 2.01. The largest absolute Gasteiger partial charge is 0.478 e. The van der Waals surface area contributed by atoms with E-state index < -0.39 is 5.97 Å². The summed E-state index contributed by atoms with van der Waals surface area (Å²) in [6, 6.07) is 7.26. The van der Waals surface area contributed by atoms with Crippen molar-refractivity contribution < 1.29 is 9.90 Å². The second-order valence-electron chi connectivity index (χ2n) is 5.27. The lowest BCUT2D eigenvalue weighted by molar-refractivity contribution is 0.0697. The van der Waals surface area contributed by atoms with Crippen LogP contribution < -0.4 is 0 Å². The molecular weight excluding hydrogens is 316 g/mol. The highest BCUT2D eigenvalue weighted by Crippen LogP contribution is 2.12. The molecule has 1 N–H and O–H groups in total. The first-order chi connectivity index (χ1) is 9.74. The Kier molecular flexibility index (Phi) is 9.38. The molecule has 0 saturated carbocycles. The molecule has 0 radical (unpaired) electrons. The fourth-order valence-electron chi connectivity index (χ4n) is 2.30. The maximum absolute atomic E-state index is 10.7. The van der Waals surface area contributed by atoms with Gasteiger partial charge in [-0.2, -0.15) is 0 Å². The molecule has 0 atom stereocenters. The minimum absolute atomic E-state index is 0.372. The van der Waals surface area contributed by atoms with Gasteiger partial charge in [0.05, 0.1) is 5.56 Å². The van der Waals surface area contributed by atoms with Gasteiger partial charge >= 0.3 is 5.97 Å². The molecule has 20 heavy (non-hydrogen) atoms. The van der Waals surface area contributed by atoms with Gasteiger partial charge in [-0.25, -0.2) is 4.79 Å². The highest BCUT2D eigenvalue weighted by atomic mass is 79.9. The van der Waals surface area contributed by atoms with Crippen LogP contribution >= 0.6 is 15.9 Å². The van der Waals surface area contributed by atoms with Crippen molar-refractivity contribution in [2.24, 2.45) is 0 Å². The molecule has 112 valence electrons. The molecule has 0 unspecified atom stereocenters. The lowest BCUT2D eigenvalue weighted by atomic mass is 10.0. The molecule has 2 nitrogen and oxygen atoms in total. The van der Waals surface area contributed by atoms with Gasteiger partial charge in [-0.15, -0.1) is 0 Å². The second-order valence-corrected chi connectivity index (χ2v) is 6.06. The molecule has 0 amide bonds. The lowest BCUT2D eigenvalue weighted by Gasteiger charge is -2.03. The van der Waals surface area contributed by atoms with Crippen molar-refractivity contribution in [2.45, 2.75) is 57.8 Å². The fourth-order valence-corrected chi connectivity index (χ4v) is 2.69. The van der Waals surface area contributed by atoms with Gasteiger partial charge in [0.2, 0.25) is 0 Å². The fraction of sp³-hybridized carbons (Fsp3) is 0.588. The predicted octanol–water partition coefficient (Wildman–Crippen LogP) is 5.44. The Hall–Kier alpha value is -0.830. The van der Waals surface area contributed by atoms with E-state index in [0.29, 0.717) is 5.56 Å². The molecule has 3 heteroatoms. The van der Waals surface area contributed by atoms with Crippen molar-refractivity contribution >= 4 is 21.9 Å². The summed E-state index contributed by atoms with van der Waals surface area (Å²) in [5.41, 5.74) is 1.62. The SMILES string of the molecule is O=C(O)c1ccc(CCCCCCCCCCBr)cc1. The number of halogens is 1. The Bertz CT molecular complexity index is 373. The van der Waals surface area contributed by atoms with Crippen molar-refractivity contribution in [3.8, 4) is 0 Å². The molecule has 0 aromatic heterocycles.